The van der Waals surface area contributed by atoms with Crippen molar-refractivity contribution >= 4 is 5.95 Å². The Balaban J connectivity index is 1.39. The number of rotatable bonds is 4. The zero-order chi connectivity index (χ0) is 16.1. The molecule has 0 spiro atoms. The van der Waals surface area contributed by atoms with Crippen molar-refractivity contribution in [2.24, 2.45) is 24.8 Å². The van der Waals surface area contributed by atoms with Gasteiger partial charge in [-0.3, -0.25) is 0 Å². The minimum atomic E-state index is 0.309. The number of nitrogens with one attached hydrogen (secondary N) is 1. The van der Waals surface area contributed by atoms with Crippen LogP contribution in [-0.4, -0.2) is 14.8 Å². The van der Waals surface area contributed by atoms with Gasteiger partial charge in [-0.2, -0.15) is 0 Å². The van der Waals surface area contributed by atoms with Crippen LogP contribution in [0.1, 0.15) is 49.9 Å². The zero-order valence-corrected chi connectivity index (χ0v) is 14.4. The van der Waals surface area contributed by atoms with Gasteiger partial charge in [-0.05, 0) is 61.8 Å². The Bertz CT molecular complexity index is 698. The maximum absolute atomic E-state index is 4.67. The number of anilines is 1. The molecule has 0 saturated heterocycles. The Morgan fingerprint density at radius 3 is 2.25 bits per heavy atom. The maximum Gasteiger partial charge on any atom is 0.224 e. The fraction of sp³-hybridized carbons (Fsp3) is 0.600. The molecule has 4 nitrogen and oxygen atoms in total. The highest BCUT2D eigenvalue weighted by Gasteiger charge is 2.53. The summed E-state index contributed by atoms with van der Waals surface area (Å²) in [5.41, 5.74) is 1.58. The van der Waals surface area contributed by atoms with E-state index in [-0.39, 0.29) is 0 Å². The van der Waals surface area contributed by atoms with E-state index in [1.807, 2.05) is 0 Å². The molecule has 1 N–H and O–H groups in total. The molecule has 4 fully saturated rings. The predicted octanol–water partition coefficient (Wildman–Crippen LogP) is 3.90. The van der Waals surface area contributed by atoms with Crippen molar-refractivity contribution < 1.29 is 0 Å². The molecule has 0 radical (unpaired) electrons. The van der Waals surface area contributed by atoms with Crippen LogP contribution < -0.4 is 5.32 Å². The molecule has 4 aliphatic carbocycles. The van der Waals surface area contributed by atoms with Crippen LogP contribution in [0.25, 0.3) is 0 Å². The predicted molar refractivity (Wildman–Crippen MR) is 94.6 cm³/mol. The number of nitrogens with zero attached hydrogens (tertiary/aromatic N) is 3. The Hall–Kier alpha value is -1.84. The molecule has 1 heterocycles. The van der Waals surface area contributed by atoms with Crippen molar-refractivity contribution in [3.8, 4) is 0 Å². The van der Waals surface area contributed by atoms with Crippen LogP contribution in [0.3, 0.4) is 0 Å². The molecule has 0 amide bonds. The third-order valence-corrected chi connectivity index (χ3v) is 6.68. The van der Waals surface area contributed by atoms with Crippen molar-refractivity contribution in [1.29, 1.82) is 0 Å². The molecule has 4 saturated carbocycles. The second-order valence-electron chi connectivity index (χ2n) is 8.44. The fourth-order valence-corrected chi connectivity index (χ4v) is 6.11. The monoisotopic (exact) mass is 322 g/mol. The average molecular weight is 322 g/mol. The van der Waals surface area contributed by atoms with Crippen LogP contribution in [0.5, 0.6) is 0 Å². The molecule has 4 bridgehead atoms. The summed E-state index contributed by atoms with van der Waals surface area (Å²) in [5.74, 6) is 4.96. The summed E-state index contributed by atoms with van der Waals surface area (Å²) >= 11 is 0. The van der Waals surface area contributed by atoms with Crippen molar-refractivity contribution in [3.05, 3.63) is 41.7 Å². The second kappa shape index (κ2) is 5.33. The lowest BCUT2D eigenvalue weighted by Crippen LogP contribution is -2.49. The minimum Gasteiger partial charge on any atom is -0.350 e. The first kappa shape index (κ1) is 14.5. The third-order valence-electron chi connectivity index (χ3n) is 6.68. The molecule has 4 heteroatoms. The van der Waals surface area contributed by atoms with E-state index in [1.54, 1.807) is 0 Å². The molecular weight excluding hydrogens is 296 g/mol. The van der Waals surface area contributed by atoms with Crippen LogP contribution in [0.15, 0.2) is 30.3 Å². The molecule has 1 aromatic carbocycles. The van der Waals surface area contributed by atoms with E-state index in [2.05, 4.69) is 57.5 Å². The van der Waals surface area contributed by atoms with Gasteiger partial charge in [0.25, 0.3) is 0 Å². The van der Waals surface area contributed by atoms with Gasteiger partial charge in [0.2, 0.25) is 5.95 Å². The first-order valence-corrected chi connectivity index (χ1v) is 9.39. The standard InChI is InChI=1S/C20H26N4/c1-24-18(20-10-15-7-16(11-20)9-17(8-15)12-20)22-23-19(24)21-13-14-5-3-2-4-6-14/h2-6,15-17H,7-13H2,1H3,(H,21,23). The summed E-state index contributed by atoms with van der Waals surface area (Å²) in [6.45, 7) is 0.799. The van der Waals surface area contributed by atoms with Crippen molar-refractivity contribution in [1.82, 2.24) is 14.8 Å². The highest BCUT2D eigenvalue weighted by Crippen LogP contribution is 2.60. The molecule has 2 aromatic rings. The van der Waals surface area contributed by atoms with Crippen molar-refractivity contribution in [3.63, 3.8) is 0 Å². The van der Waals surface area contributed by atoms with Gasteiger partial charge in [0, 0.05) is 19.0 Å². The Kier molecular flexibility index (Phi) is 3.22. The van der Waals surface area contributed by atoms with Crippen LogP contribution in [-0.2, 0) is 19.0 Å². The summed E-state index contributed by atoms with van der Waals surface area (Å²) in [4.78, 5) is 0. The van der Waals surface area contributed by atoms with Gasteiger partial charge in [-0.1, -0.05) is 30.3 Å². The highest BCUT2D eigenvalue weighted by molar-refractivity contribution is 5.31. The summed E-state index contributed by atoms with van der Waals surface area (Å²) in [7, 11) is 2.14. The van der Waals surface area contributed by atoms with Gasteiger partial charge in [0.15, 0.2) is 0 Å². The van der Waals surface area contributed by atoms with E-state index in [9.17, 15) is 0 Å². The number of aromatic nitrogens is 3. The van der Waals surface area contributed by atoms with E-state index in [1.165, 1.54) is 49.9 Å². The van der Waals surface area contributed by atoms with Crippen LogP contribution in [0.2, 0.25) is 0 Å². The van der Waals surface area contributed by atoms with Gasteiger partial charge >= 0.3 is 0 Å². The van der Waals surface area contributed by atoms with Crippen LogP contribution >= 0.6 is 0 Å². The zero-order valence-electron chi connectivity index (χ0n) is 14.4. The van der Waals surface area contributed by atoms with Crippen LogP contribution in [0.4, 0.5) is 5.95 Å². The summed E-state index contributed by atoms with van der Waals surface area (Å²) in [5, 5.41) is 12.6. The van der Waals surface area contributed by atoms with E-state index >= 15 is 0 Å². The molecule has 126 valence electrons. The summed E-state index contributed by atoms with van der Waals surface area (Å²) in [6, 6.07) is 10.5. The second-order valence-corrected chi connectivity index (χ2v) is 8.44. The Labute approximate surface area is 143 Å². The van der Waals surface area contributed by atoms with E-state index < -0.39 is 0 Å². The number of hydrogen-bond donors (Lipinski definition) is 1. The lowest BCUT2D eigenvalue weighted by atomic mass is 9.49. The van der Waals surface area contributed by atoms with Crippen LogP contribution in [0, 0.1) is 17.8 Å². The van der Waals surface area contributed by atoms with E-state index in [0.717, 1.165) is 30.2 Å². The molecular formula is C20H26N4. The van der Waals surface area contributed by atoms with E-state index in [4.69, 9.17) is 0 Å². The smallest absolute Gasteiger partial charge is 0.224 e. The largest absolute Gasteiger partial charge is 0.350 e. The molecule has 4 aliphatic rings. The molecule has 0 unspecified atom stereocenters. The number of hydrogen-bond acceptors (Lipinski definition) is 3. The topological polar surface area (TPSA) is 42.7 Å². The maximum atomic E-state index is 4.67. The van der Waals surface area contributed by atoms with Gasteiger partial charge in [-0.25, -0.2) is 0 Å². The molecule has 1 aromatic heterocycles. The first-order valence-electron chi connectivity index (χ1n) is 9.39. The Morgan fingerprint density at radius 2 is 1.62 bits per heavy atom. The minimum absolute atomic E-state index is 0.309. The Morgan fingerprint density at radius 1 is 1.00 bits per heavy atom. The highest BCUT2D eigenvalue weighted by atomic mass is 15.3. The molecule has 0 atom stereocenters. The van der Waals surface area contributed by atoms with Crippen molar-refractivity contribution in [2.45, 2.75) is 50.5 Å². The van der Waals surface area contributed by atoms with Gasteiger partial charge in [0.1, 0.15) is 5.82 Å². The molecule has 24 heavy (non-hydrogen) atoms. The summed E-state index contributed by atoms with van der Waals surface area (Å²) in [6.07, 6.45) is 8.42. The fourth-order valence-electron chi connectivity index (χ4n) is 6.11. The normalized spacial score (nSPS) is 33.8. The summed E-state index contributed by atoms with van der Waals surface area (Å²) < 4.78 is 2.23. The van der Waals surface area contributed by atoms with E-state index in [0.29, 0.717) is 5.41 Å². The van der Waals surface area contributed by atoms with Gasteiger partial charge in [-0.15, -0.1) is 10.2 Å². The SMILES string of the molecule is Cn1c(NCc2ccccc2)nnc1C12CC3CC(CC(C3)C1)C2. The number of benzene rings is 1. The van der Waals surface area contributed by atoms with Gasteiger partial charge < -0.3 is 9.88 Å². The van der Waals surface area contributed by atoms with Crippen molar-refractivity contribution in [2.75, 3.05) is 5.32 Å². The molecule has 6 rings (SSSR count). The quantitative estimate of drug-likeness (QED) is 0.928. The first-order chi connectivity index (χ1) is 11.7. The van der Waals surface area contributed by atoms with Gasteiger partial charge in [0.05, 0.1) is 0 Å². The third kappa shape index (κ3) is 2.27. The average Bonchev–Trinajstić information content (AvgIpc) is 2.94. The lowest BCUT2D eigenvalue weighted by Gasteiger charge is -2.56. The molecule has 0 aliphatic heterocycles. The lowest BCUT2D eigenvalue weighted by molar-refractivity contribution is -0.0107.